The van der Waals surface area contributed by atoms with Gasteiger partial charge in [-0.2, -0.15) is 0 Å². The lowest BCUT2D eigenvalue weighted by Crippen LogP contribution is -2.18. The summed E-state index contributed by atoms with van der Waals surface area (Å²) in [5, 5.41) is 2.95. The van der Waals surface area contributed by atoms with Crippen molar-refractivity contribution >= 4 is 34.2 Å². The van der Waals surface area contributed by atoms with Gasteiger partial charge in [0.15, 0.2) is 0 Å². The Labute approximate surface area is 89.9 Å². The number of halogens is 1. The van der Waals surface area contributed by atoms with Crippen LogP contribution in [0.4, 0.5) is 5.69 Å². The molecule has 1 aromatic rings. The maximum Gasteiger partial charge on any atom is 0.235 e. The molecule has 1 aromatic carbocycles. The Kier molecular flexibility index (Phi) is 1.35. The molecule has 1 aliphatic heterocycles. The van der Waals surface area contributed by atoms with Crippen LogP contribution in [-0.2, 0) is 10.2 Å². The predicted molar refractivity (Wildman–Crippen MR) is 58.7 cm³/mol. The molecule has 13 heavy (non-hydrogen) atoms. The fourth-order valence-electron chi connectivity index (χ4n) is 2.02. The first-order chi connectivity index (χ1) is 6.22. The van der Waals surface area contributed by atoms with Gasteiger partial charge in [-0.3, -0.25) is 4.79 Å². The quantitative estimate of drug-likeness (QED) is 0.728. The van der Waals surface area contributed by atoms with Gasteiger partial charge >= 0.3 is 0 Å². The van der Waals surface area contributed by atoms with Gasteiger partial charge in [-0.05, 0) is 53.1 Å². The summed E-state index contributed by atoms with van der Waals surface area (Å²) >= 11 is 2.26. The maximum atomic E-state index is 11.6. The van der Waals surface area contributed by atoms with E-state index in [9.17, 15) is 4.79 Å². The molecule has 66 valence electrons. The molecule has 0 bridgehead atoms. The lowest BCUT2D eigenvalue weighted by molar-refractivity contribution is -0.117. The molecule has 1 aliphatic carbocycles. The smallest absolute Gasteiger partial charge is 0.235 e. The minimum Gasteiger partial charge on any atom is -0.325 e. The number of hydrogen-bond donors (Lipinski definition) is 1. The fraction of sp³-hybridized carbons (Fsp3) is 0.300. The molecule has 0 saturated heterocycles. The highest BCUT2D eigenvalue weighted by atomic mass is 127. The van der Waals surface area contributed by atoms with Gasteiger partial charge in [0.05, 0.1) is 5.41 Å². The van der Waals surface area contributed by atoms with Crippen LogP contribution in [0.1, 0.15) is 18.4 Å². The first kappa shape index (κ1) is 7.79. The Morgan fingerprint density at radius 2 is 2.15 bits per heavy atom. The summed E-state index contributed by atoms with van der Waals surface area (Å²) in [4.78, 5) is 11.6. The standard InChI is InChI=1S/C10H8INO/c11-6-1-2-7-8(5-6)12-9(13)10(7)3-4-10/h1-2,5H,3-4H2,(H,12,13). The maximum absolute atomic E-state index is 11.6. The third-order valence-corrected chi connectivity index (χ3v) is 3.60. The Hall–Kier alpha value is -0.580. The van der Waals surface area contributed by atoms with Crippen LogP contribution in [-0.4, -0.2) is 5.91 Å². The number of nitrogens with one attached hydrogen (secondary N) is 1. The van der Waals surface area contributed by atoms with Crippen LogP contribution in [0.5, 0.6) is 0 Å². The van der Waals surface area contributed by atoms with Gasteiger partial charge in [0.1, 0.15) is 0 Å². The monoisotopic (exact) mass is 285 g/mol. The topological polar surface area (TPSA) is 29.1 Å². The average molecular weight is 285 g/mol. The number of benzene rings is 1. The third-order valence-electron chi connectivity index (χ3n) is 2.93. The van der Waals surface area contributed by atoms with Crippen LogP contribution in [0.2, 0.25) is 0 Å². The third kappa shape index (κ3) is 0.907. The van der Waals surface area contributed by atoms with Crippen molar-refractivity contribution in [3.05, 3.63) is 27.3 Å². The van der Waals surface area contributed by atoms with Crippen molar-refractivity contribution in [2.75, 3.05) is 5.32 Å². The second kappa shape index (κ2) is 2.26. The number of anilines is 1. The molecule has 1 N–H and O–H groups in total. The molecule has 0 unspecified atom stereocenters. The highest BCUT2D eigenvalue weighted by Gasteiger charge is 2.56. The van der Waals surface area contributed by atoms with Gasteiger partial charge in [0.25, 0.3) is 0 Å². The molecular weight excluding hydrogens is 277 g/mol. The molecular formula is C10H8INO. The summed E-state index contributed by atoms with van der Waals surface area (Å²) in [7, 11) is 0. The van der Waals surface area contributed by atoms with Gasteiger partial charge in [0.2, 0.25) is 5.91 Å². The number of carbonyl (C=O) groups is 1. The van der Waals surface area contributed by atoms with E-state index in [1.165, 1.54) is 9.13 Å². The van der Waals surface area contributed by atoms with Gasteiger partial charge in [-0.1, -0.05) is 6.07 Å². The molecule has 1 spiro atoms. The fourth-order valence-corrected chi connectivity index (χ4v) is 2.51. The van der Waals surface area contributed by atoms with Crippen molar-refractivity contribution in [1.29, 1.82) is 0 Å². The molecule has 0 aromatic heterocycles. The Morgan fingerprint density at radius 3 is 2.85 bits per heavy atom. The number of hydrogen-bond acceptors (Lipinski definition) is 1. The largest absolute Gasteiger partial charge is 0.325 e. The van der Waals surface area contributed by atoms with E-state index >= 15 is 0 Å². The number of fused-ring (bicyclic) bond motifs is 2. The van der Waals surface area contributed by atoms with E-state index in [1.807, 2.05) is 6.07 Å². The SMILES string of the molecule is O=C1Nc2cc(I)ccc2C12CC2. The van der Waals surface area contributed by atoms with Crippen LogP contribution >= 0.6 is 22.6 Å². The lowest BCUT2D eigenvalue weighted by atomic mass is 9.98. The van der Waals surface area contributed by atoms with Gasteiger partial charge in [0, 0.05) is 9.26 Å². The van der Waals surface area contributed by atoms with E-state index in [2.05, 4.69) is 40.0 Å². The summed E-state index contributed by atoms with van der Waals surface area (Å²) in [6, 6.07) is 6.20. The van der Waals surface area contributed by atoms with Crippen molar-refractivity contribution in [1.82, 2.24) is 0 Å². The van der Waals surface area contributed by atoms with E-state index in [1.54, 1.807) is 0 Å². The summed E-state index contributed by atoms with van der Waals surface area (Å²) in [5.74, 6) is 0.199. The normalized spacial score (nSPS) is 21.5. The molecule has 3 heteroatoms. The van der Waals surface area contributed by atoms with Gasteiger partial charge < -0.3 is 5.32 Å². The van der Waals surface area contributed by atoms with E-state index < -0.39 is 0 Å². The number of rotatable bonds is 0. The summed E-state index contributed by atoms with van der Waals surface area (Å²) in [6.07, 6.45) is 2.04. The summed E-state index contributed by atoms with van der Waals surface area (Å²) < 4.78 is 1.18. The highest BCUT2D eigenvalue weighted by molar-refractivity contribution is 14.1. The van der Waals surface area contributed by atoms with Crippen molar-refractivity contribution in [3.63, 3.8) is 0 Å². The van der Waals surface area contributed by atoms with Crippen LogP contribution < -0.4 is 5.32 Å². The van der Waals surface area contributed by atoms with Crippen LogP contribution in [0.3, 0.4) is 0 Å². The first-order valence-corrected chi connectivity index (χ1v) is 5.42. The van der Waals surface area contributed by atoms with Crippen LogP contribution in [0.15, 0.2) is 18.2 Å². The van der Waals surface area contributed by atoms with Crippen LogP contribution in [0.25, 0.3) is 0 Å². The van der Waals surface area contributed by atoms with Crippen molar-refractivity contribution in [3.8, 4) is 0 Å². The molecule has 1 saturated carbocycles. The first-order valence-electron chi connectivity index (χ1n) is 4.34. The van der Waals surface area contributed by atoms with Crippen molar-refractivity contribution < 1.29 is 4.79 Å². The molecule has 0 radical (unpaired) electrons. The highest BCUT2D eigenvalue weighted by Crippen LogP contribution is 2.55. The second-order valence-corrected chi connectivity index (χ2v) is 4.97. The summed E-state index contributed by atoms with van der Waals surface area (Å²) in [5.41, 5.74) is 2.10. The molecule has 1 heterocycles. The van der Waals surface area contributed by atoms with E-state index in [4.69, 9.17) is 0 Å². The zero-order valence-corrected chi connectivity index (χ0v) is 9.09. The number of carbonyl (C=O) groups excluding carboxylic acids is 1. The van der Waals surface area contributed by atoms with Crippen LogP contribution in [0, 0.1) is 3.57 Å². The molecule has 2 nitrogen and oxygen atoms in total. The Balaban J connectivity index is 2.22. The number of amides is 1. The van der Waals surface area contributed by atoms with Crippen molar-refractivity contribution in [2.45, 2.75) is 18.3 Å². The minimum absolute atomic E-state index is 0.125. The molecule has 1 fully saturated rings. The Bertz CT molecular complexity index is 409. The van der Waals surface area contributed by atoms with E-state index in [0.717, 1.165) is 18.5 Å². The molecule has 2 aliphatic rings. The zero-order valence-electron chi connectivity index (χ0n) is 6.93. The molecule has 1 amide bonds. The van der Waals surface area contributed by atoms with Gasteiger partial charge in [-0.25, -0.2) is 0 Å². The predicted octanol–water partition coefficient (Wildman–Crippen LogP) is 2.27. The minimum atomic E-state index is -0.125. The Morgan fingerprint density at radius 1 is 1.38 bits per heavy atom. The lowest BCUT2D eigenvalue weighted by Gasteiger charge is -2.02. The van der Waals surface area contributed by atoms with E-state index in [-0.39, 0.29) is 11.3 Å². The molecule has 0 atom stereocenters. The average Bonchev–Trinajstić information content (AvgIpc) is 2.80. The van der Waals surface area contributed by atoms with E-state index in [0.29, 0.717) is 0 Å². The molecule has 3 rings (SSSR count). The van der Waals surface area contributed by atoms with Gasteiger partial charge in [-0.15, -0.1) is 0 Å². The summed E-state index contributed by atoms with van der Waals surface area (Å²) in [6.45, 7) is 0. The second-order valence-electron chi connectivity index (χ2n) is 3.73. The van der Waals surface area contributed by atoms with Crippen molar-refractivity contribution in [2.24, 2.45) is 0 Å². The zero-order chi connectivity index (χ0) is 9.05.